The number of fused-ring (bicyclic) bond motifs is 1. The molecule has 0 saturated carbocycles. The van der Waals surface area contributed by atoms with Crippen LogP contribution in [0.5, 0.6) is 0 Å². The van der Waals surface area contributed by atoms with Gasteiger partial charge in [-0.25, -0.2) is 9.78 Å². The molecule has 2 rings (SSSR count). The minimum Gasteiger partial charge on any atom is -0.480 e. The fourth-order valence-electron chi connectivity index (χ4n) is 2.13. The number of aryl methyl sites for hydroxylation is 1. The molecular weight excluding hydrogens is 338 g/mol. The second-order valence-corrected chi connectivity index (χ2v) is 6.07. The number of aromatic nitrogens is 2. The molecule has 0 bridgehead atoms. The van der Waals surface area contributed by atoms with Gasteiger partial charge in [0.15, 0.2) is 0 Å². The first-order chi connectivity index (χ1) is 9.81. The zero-order valence-corrected chi connectivity index (χ0v) is 13.5. The highest BCUT2D eigenvalue weighted by Crippen LogP contribution is 2.17. The molecule has 0 aromatic carbocycles. The number of halogens is 1. The highest BCUT2D eigenvalue weighted by Gasteiger charge is 2.26. The Hall–Kier alpha value is -1.89. The fraction of sp³-hybridized carbons (Fsp3) is 0.357. The van der Waals surface area contributed by atoms with E-state index in [1.807, 2.05) is 6.07 Å². The van der Waals surface area contributed by atoms with Crippen molar-refractivity contribution in [3.05, 3.63) is 34.2 Å². The van der Waals surface area contributed by atoms with Crippen LogP contribution in [0.15, 0.2) is 22.8 Å². The zero-order chi connectivity index (χ0) is 15.7. The van der Waals surface area contributed by atoms with Gasteiger partial charge in [0.1, 0.15) is 17.4 Å². The second-order valence-electron chi connectivity index (χ2n) is 5.15. The van der Waals surface area contributed by atoms with E-state index in [1.165, 1.54) is 0 Å². The summed E-state index contributed by atoms with van der Waals surface area (Å²) in [6.45, 7) is 5.22. The number of carbonyl (C=O) groups is 2. The van der Waals surface area contributed by atoms with Gasteiger partial charge < -0.3 is 10.4 Å². The van der Waals surface area contributed by atoms with E-state index in [4.69, 9.17) is 0 Å². The van der Waals surface area contributed by atoms with Gasteiger partial charge in [0.2, 0.25) is 0 Å². The number of carboxylic acid groups (broad SMARTS) is 1. The lowest BCUT2D eigenvalue weighted by Gasteiger charge is -2.17. The number of nitrogens with one attached hydrogen (secondary N) is 1. The summed E-state index contributed by atoms with van der Waals surface area (Å²) < 4.78 is 2.45. The van der Waals surface area contributed by atoms with E-state index in [-0.39, 0.29) is 5.92 Å². The molecule has 1 amide bonds. The van der Waals surface area contributed by atoms with E-state index >= 15 is 0 Å². The maximum atomic E-state index is 12.4. The molecule has 7 heteroatoms. The van der Waals surface area contributed by atoms with Crippen LogP contribution >= 0.6 is 15.9 Å². The van der Waals surface area contributed by atoms with Gasteiger partial charge in [0.25, 0.3) is 5.91 Å². The molecule has 0 fully saturated rings. The lowest BCUT2D eigenvalue weighted by atomic mass is 10.0. The van der Waals surface area contributed by atoms with Crippen molar-refractivity contribution in [2.75, 3.05) is 0 Å². The molecule has 0 aliphatic rings. The molecule has 0 radical (unpaired) electrons. The first-order valence-electron chi connectivity index (χ1n) is 6.49. The third-order valence-electron chi connectivity index (χ3n) is 3.19. The zero-order valence-electron chi connectivity index (χ0n) is 11.9. The second kappa shape index (κ2) is 5.85. The summed E-state index contributed by atoms with van der Waals surface area (Å²) in [4.78, 5) is 27.9. The first-order valence-corrected chi connectivity index (χ1v) is 7.28. The number of hydrogen-bond acceptors (Lipinski definition) is 3. The lowest BCUT2D eigenvalue weighted by Crippen LogP contribution is -2.44. The molecule has 0 saturated heterocycles. The van der Waals surface area contributed by atoms with E-state index in [0.29, 0.717) is 17.0 Å². The molecule has 1 unspecified atom stereocenters. The third kappa shape index (κ3) is 3.07. The van der Waals surface area contributed by atoms with Crippen LogP contribution in [0.25, 0.3) is 5.65 Å². The van der Waals surface area contributed by atoms with E-state index < -0.39 is 17.9 Å². The highest BCUT2D eigenvalue weighted by atomic mass is 79.9. The summed E-state index contributed by atoms with van der Waals surface area (Å²) in [6, 6.07) is 2.68. The number of hydrogen-bond donors (Lipinski definition) is 2. The standard InChI is InChI=1S/C14H16BrN3O3/c1-7(2)11(14(20)21)17-13(19)12-8(3)16-10-5-4-9(15)6-18(10)12/h4-7,11H,1-3H3,(H,17,19)(H,20,21). The first kappa shape index (κ1) is 15.5. The molecule has 2 N–H and O–H groups in total. The van der Waals surface area contributed by atoms with Gasteiger partial charge >= 0.3 is 5.97 Å². The number of rotatable bonds is 4. The molecule has 0 aliphatic carbocycles. The normalized spacial score (nSPS) is 12.6. The summed E-state index contributed by atoms with van der Waals surface area (Å²) in [6.07, 6.45) is 1.73. The Morgan fingerprint density at radius 1 is 1.38 bits per heavy atom. The molecule has 21 heavy (non-hydrogen) atoms. The quantitative estimate of drug-likeness (QED) is 0.882. The van der Waals surface area contributed by atoms with Gasteiger partial charge in [0, 0.05) is 10.7 Å². The molecule has 2 heterocycles. The van der Waals surface area contributed by atoms with Crippen LogP contribution in [0, 0.1) is 12.8 Å². The van der Waals surface area contributed by atoms with Crippen LogP contribution in [-0.4, -0.2) is 32.4 Å². The van der Waals surface area contributed by atoms with Crippen molar-refractivity contribution in [1.29, 1.82) is 0 Å². The van der Waals surface area contributed by atoms with Crippen molar-refractivity contribution >= 4 is 33.5 Å². The number of pyridine rings is 1. The number of imidazole rings is 1. The Balaban J connectivity index is 2.41. The topological polar surface area (TPSA) is 83.7 Å². The Morgan fingerprint density at radius 2 is 2.05 bits per heavy atom. The Kier molecular flexibility index (Phi) is 4.32. The third-order valence-corrected chi connectivity index (χ3v) is 3.66. The number of amides is 1. The summed E-state index contributed by atoms with van der Waals surface area (Å²) in [7, 11) is 0. The van der Waals surface area contributed by atoms with Crippen LogP contribution < -0.4 is 5.32 Å². The molecular formula is C14H16BrN3O3. The monoisotopic (exact) mass is 353 g/mol. The van der Waals surface area contributed by atoms with E-state index in [9.17, 15) is 14.7 Å². The number of carboxylic acids is 1. The fourth-order valence-corrected chi connectivity index (χ4v) is 2.47. The van der Waals surface area contributed by atoms with Crippen molar-refractivity contribution in [3.8, 4) is 0 Å². The molecule has 6 nitrogen and oxygen atoms in total. The Morgan fingerprint density at radius 3 is 2.62 bits per heavy atom. The van der Waals surface area contributed by atoms with E-state index in [0.717, 1.165) is 4.47 Å². The Labute approximate surface area is 130 Å². The molecule has 0 spiro atoms. The summed E-state index contributed by atoms with van der Waals surface area (Å²) in [5.41, 5.74) is 1.54. The number of carbonyl (C=O) groups excluding carboxylic acids is 1. The number of aliphatic carboxylic acids is 1. The van der Waals surface area contributed by atoms with Gasteiger partial charge in [-0.3, -0.25) is 9.20 Å². The van der Waals surface area contributed by atoms with E-state index in [1.54, 1.807) is 37.4 Å². The van der Waals surface area contributed by atoms with Gasteiger partial charge in [-0.05, 0) is 40.9 Å². The largest absolute Gasteiger partial charge is 0.480 e. The predicted molar refractivity (Wildman–Crippen MR) is 81.4 cm³/mol. The number of nitrogens with zero attached hydrogens (tertiary/aromatic N) is 2. The van der Waals surface area contributed by atoms with Gasteiger partial charge in [-0.2, -0.15) is 0 Å². The molecule has 1 atom stereocenters. The molecule has 2 aromatic rings. The van der Waals surface area contributed by atoms with Gasteiger partial charge in [0.05, 0.1) is 5.69 Å². The average molecular weight is 354 g/mol. The van der Waals surface area contributed by atoms with Crippen molar-refractivity contribution in [1.82, 2.24) is 14.7 Å². The average Bonchev–Trinajstić information content (AvgIpc) is 2.70. The van der Waals surface area contributed by atoms with Gasteiger partial charge in [-0.1, -0.05) is 13.8 Å². The minimum atomic E-state index is -1.05. The Bertz CT molecular complexity index is 709. The van der Waals surface area contributed by atoms with Gasteiger partial charge in [-0.15, -0.1) is 0 Å². The van der Waals surface area contributed by atoms with Crippen LogP contribution in [0.1, 0.15) is 30.0 Å². The molecule has 2 aromatic heterocycles. The van der Waals surface area contributed by atoms with Crippen LogP contribution in [0.3, 0.4) is 0 Å². The van der Waals surface area contributed by atoms with Crippen molar-refractivity contribution in [2.24, 2.45) is 5.92 Å². The molecule has 112 valence electrons. The van der Waals surface area contributed by atoms with E-state index in [2.05, 4.69) is 26.2 Å². The lowest BCUT2D eigenvalue weighted by molar-refractivity contribution is -0.140. The van der Waals surface area contributed by atoms with Crippen molar-refractivity contribution in [2.45, 2.75) is 26.8 Å². The van der Waals surface area contributed by atoms with Crippen molar-refractivity contribution in [3.63, 3.8) is 0 Å². The van der Waals surface area contributed by atoms with Crippen LogP contribution in [-0.2, 0) is 4.79 Å². The van der Waals surface area contributed by atoms with Crippen molar-refractivity contribution < 1.29 is 14.7 Å². The SMILES string of the molecule is Cc1nc2ccc(Br)cn2c1C(=O)NC(C(=O)O)C(C)C. The summed E-state index contributed by atoms with van der Waals surface area (Å²) in [5, 5.41) is 11.7. The summed E-state index contributed by atoms with van der Waals surface area (Å²) >= 11 is 3.35. The van der Waals surface area contributed by atoms with Crippen LogP contribution in [0.2, 0.25) is 0 Å². The smallest absolute Gasteiger partial charge is 0.326 e. The highest BCUT2D eigenvalue weighted by molar-refractivity contribution is 9.10. The predicted octanol–water partition coefficient (Wildman–Crippen LogP) is 2.24. The maximum absolute atomic E-state index is 12.4. The van der Waals surface area contributed by atoms with Crippen LogP contribution in [0.4, 0.5) is 0 Å². The minimum absolute atomic E-state index is 0.210. The molecule has 0 aliphatic heterocycles. The summed E-state index contributed by atoms with van der Waals surface area (Å²) in [5.74, 6) is -1.71. The maximum Gasteiger partial charge on any atom is 0.326 e.